The van der Waals surface area contributed by atoms with E-state index in [0.717, 1.165) is 35.9 Å². The van der Waals surface area contributed by atoms with Crippen LogP contribution in [0.2, 0.25) is 0 Å². The van der Waals surface area contributed by atoms with Crippen LogP contribution in [0.15, 0.2) is 0 Å². The second-order valence-electron chi connectivity index (χ2n) is 5.79. The van der Waals surface area contributed by atoms with Gasteiger partial charge in [-0.25, -0.2) is 0 Å². The van der Waals surface area contributed by atoms with E-state index in [9.17, 15) is 5.11 Å². The molecule has 1 heterocycles. The van der Waals surface area contributed by atoms with E-state index in [4.69, 9.17) is 4.74 Å². The van der Waals surface area contributed by atoms with Crippen LogP contribution in [-0.2, 0) is 6.54 Å². The molecule has 1 aromatic heterocycles. The van der Waals surface area contributed by atoms with Crippen LogP contribution in [-0.4, -0.2) is 44.4 Å². The Morgan fingerprint density at radius 2 is 2.10 bits per heavy atom. The molecule has 0 aliphatic heterocycles. The Morgan fingerprint density at radius 1 is 1.40 bits per heavy atom. The lowest BCUT2D eigenvalue weighted by Gasteiger charge is -2.26. The second-order valence-corrected chi connectivity index (χ2v) is 6.85. The summed E-state index contributed by atoms with van der Waals surface area (Å²) in [6.45, 7) is 1.89. The van der Waals surface area contributed by atoms with E-state index in [-0.39, 0.29) is 12.0 Å². The topological polar surface area (TPSA) is 57.6 Å². The van der Waals surface area contributed by atoms with Gasteiger partial charge in [-0.15, -0.1) is 0 Å². The molecule has 1 aromatic rings. The summed E-state index contributed by atoms with van der Waals surface area (Å²) in [5, 5.41) is 14.0. The molecule has 1 aliphatic rings. The van der Waals surface area contributed by atoms with Crippen LogP contribution < -0.4 is 15.0 Å². The molecule has 2 N–H and O–H groups in total. The van der Waals surface area contributed by atoms with Gasteiger partial charge in [0, 0.05) is 39.2 Å². The molecule has 2 rings (SSSR count). The van der Waals surface area contributed by atoms with Crippen LogP contribution in [0.5, 0.6) is 5.88 Å². The minimum atomic E-state index is 0.0856. The van der Waals surface area contributed by atoms with Crippen molar-refractivity contribution in [2.45, 2.75) is 32.2 Å². The third kappa shape index (κ3) is 3.42. The fraction of sp³-hybridized carbons (Fsp3) is 0.786. The van der Waals surface area contributed by atoms with Gasteiger partial charge in [-0.2, -0.15) is 4.98 Å². The SMILES string of the molecule is COc1nc(N(C)C)sc1CNCC1(CO)CCCC1. The zero-order valence-electron chi connectivity index (χ0n) is 12.6. The van der Waals surface area contributed by atoms with Crippen molar-refractivity contribution in [3.8, 4) is 5.88 Å². The normalized spacial score (nSPS) is 17.4. The van der Waals surface area contributed by atoms with Crippen LogP contribution in [0.1, 0.15) is 30.6 Å². The largest absolute Gasteiger partial charge is 0.480 e. The first kappa shape index (κ1) is 15.5. The Hall–Kier alpha value is -0.850. The van der Waals surface area contributed by atoms with E-state index in [1.165, 1.54) is 12.8 Å². The summed E-state index contributed by atoms with van der Waals surface area (Å²) in [5.74, 6) is 0.704. The molecular weight excluding hydrogens is 274 g/mol. The summed E-state index contributed by atoms with van der Waals surface area (Å²) in [6.07, 6.45) is 4.71. The van der Waals surface area contributed by atoms with Crippen molar-refractivity contribution >= 4 is 16.5 Å². The maximum absolute atomic E-state index is 9.61. The van der Waals surface area contributed by atoms with Crippen molar-refractivity contribution in [1.82, 2.24) is 10.3 Å². The minimum Gasteiger partial charge on any atom is -0.480 e. The molecule has 0 unspecified atom stereocenters. The highest BCUT2D eigenvalue weighted by molar-refractivity contribution is 7.15. The van der Waals surface area contributed by atoms with E-state index < -0.39 is 0 Å². The number of rotatable bonds is 7. The standard InChI is InChI=1S/C14H25N3O2S/c1-17(2)13-16-12(19-3)11(20-13)8-15-9-14(10-18)6-4-5-7-14/h15,18H,4-10H2,1-3H3. The number of nitrogens with zero attached hydrogens (tertiary/aromatic N) is 2. The summed E-state index contributed by atoms with van der Waals surface area (Å²) >= 11 is 1.65. The monoisotopic (exact) mass is 299 g/mol. The second kappa shape index (κ2) is 6.74. The molecule has 114 valence electrons. The molecule has 0 aromatic carbocycles. The fourth-order valence-corrected chi connectivity index (χ4v) is 3.67. The van der Waals surface area contributed by atoms with Gasteiger partial charge in [0.15, 0.2) is 5.13 Å². The number of methoxy groups -OCH3 is 1. The highest BCUT2D eigenvalue weighted by Crippen LogP contribution is 2.37. The molecule has 0 atom stereocenters. The van der Waals surface area contributed by atoms with Gasteiger partial charge in [-0.1, -0.05) is 24.2 Å². The summed E-state index contributed by atoms with van der Waals surface area (Å²) in [4.78, 5) is 7.55. The van der Waals surface area contributed by atoms with Crippen molar-refractivity contribution in [3.05, 3.63) is 4.88 Å². The number of aromatic nitrogens is 1. The van der Waals surface area contributed by atoms with Gasteiger partial charge in [0.1, 0.15) is 0 Å². The molecule has 0 radical (unpaired) electrons. The van der Waals surface area contributed by atoms with Gasteiger partial charge in [-0.05, 0) is 12.8 Å². The van der Waals surface area contributed by atoms with Crippen LogP contribution >= 0.6 is 11.3 Å². The Morgan fingerprint density at radius 3 is 2.65 bits per heavy atom. The number of nitrogens with one attached hydrogen (secondary N) is 1. The van der Waals surface area contributed by atoms with Crippen molar-refractivity contribution in [1.29, 1.82) is 0 Å². The fourth-order valence-electron chi connectivity index (χ4n) is 2.75. The third-order valence-corrected chi connectivity index (χ3v) is 5.22. The molecule has 1 saturated carbocycles. The van der Waals surface area contributed by atoms with E-state index in [0.29, 0.717) is 5.88 Å². The molecule has 6 heteroatoms. The van der Waals surface area contributed by atoms with E-state index in [1.54, 1.807) is 18.4 Å². The van der Waals surface area contributed by atoms with Gasteiger partial charge >= 0.3 is 0 Å². The Bertz CT molecular complexity index is 428. The zero-order chi connectivity index (χ0) is 14.6. The number of hydrogen-bond acceptors (Lipinski definition) is 6. The van der Waals surface area contributed by atoms with Crippen LogP contribution in [0.4, 0.5) is 5.13 Å². The molecule has 5 nitrogen and oxygen atoms in total. The van der Waals surface area contributed by atoms with Crippen molar-refractivity contribution in [3.63, 3.8) is 0 Å². The number of thiazole rings is 1. The first-order valence-corrected chi connectivity index (χ1v) is 7.94. The van der Waals surface area contributed by atoms with Gasteiger partial charge < -0.3 is 20.1 Å². The summed E-state index contributed by atoms with van der Waals surface area (Å²) in [6, 6.07) is 0. The first-order valence-electron chi connectivity index (χ1n) is 7.13. The van der Waals surface area contributed by atoms with E-state index in [1.807, 2.05) is 19.0 Å². The summed E-state index contributed by atoms with van der Waals surface area (Å²) in [7, 11) is 5.62. The molecule has 1 fully saturated rings. The van der Waals surface area contributed by atoms with Crippen molar-refractivity contribution in [2.24, 2.45) is 5.41 Å². The Kier molecular flexibility index (Phi) is 5.23. The van der Waals surface area contributed by atoms with Gasteiger partial charge in [0.05, 0.1) is 12.0 Å². The number of aliphatic hydroxyl groups excluding tert-OH is 1. The smallest absolute Gasteiger partial charge is 0.230 e. The van der Waals surface area contributed by atoms with E-state index in [2.05, 4.69) is 10.3 Å². The lowest BCUT2D eigenvalue weighted by Crippen LogP contribution is -2.34. The average Bonchev–Trinajstić information content (AvgIpc) is 3.06. The van der Waals surface area contributed by atoms with Crippen LogP contribution in [0.25, 0.3) is 0 Å². The molecule has 1 aliphatic carbocycles. The molecule has 0 spiro atoms. The number of anilines is 1. The average molecular weight is 299 g/mol. The highest BCUT2D eigenvalue weighted by Gasteiger charge is 2.32. The Labute approximate surface area is 125 Å². The highest BCUT2D eigenvalue weighted by atomic mass is 32.1. The summed E-state index contributed by atoms with van der Waals surface area (Å²) < 4.78 is 5.33. The predicted molar refractivity (Wildman–Crippen MR) is 82.7 cm³/mol. The van der Waals surface area contributed by atoms with E-state index >= 15 is 0 Å². The minimum absolute atomic E-state index is 0.0856. The maximum atomic E-state index is 9.61. The lowest BCUT2D eigenvalue weighted by molar-refractivity contribution is 0.128. The molecular formula is C14H25N3O2S. The van der Waals surface area contributed by atoms with Crippen molar-refractivity contribution < 1.29 is 9.84 Å². The predicted octanol–water partition coefficient (Wildman–Crippen LogP) is 1.86. The lowest BCUT2D eigenvalue weighted by atomic mass is 9.87. The van der Waals surface area contributed by atoms with Gasteiger partial charge in [-0.3, -0.25) is 0 Å². The van der Waals surface area contributed by atoms with Gasteiger partial charge in [0.2, 0.25) is 5.88 Å². The molecule has 20 heavy (non-hydrogen) atoms. The first-order chi connectivity index (χ1) is 9.60. The van der Waals surface area contributed by atoms with Crippen molar-refractivity contribution in [2.75, 3.05) is 39.3 Å². The zero-order valence-corrected chi connectivity index (χ0v) is 13.4. The Balaban J connectivity index is 1.93. The molecule has 0 amide bonds. The van der Waals surface area contributed by atoms with Gasteiger partial charge in [0.25, 0.3) is 0 Å². The molecule has 0 bridgehead atoms. The molecule has 0 saturated heterocycles. The quantitative estimate of drug-likeness (QED) is 0.805. The number of hydrogen-bond donors (Lipinski definition) is 2. The number of aliphatic hydroxyl groups is 1. The van der Waals surface area contributed by atoms with Crippen LogP contribution in [0, 0.1) is 5.41 Å². The maximum Gasteiger partial charge on any atom is 0.230 e. The third-order valence-electron chi connectivity index (χ3n) is 4.01. The number of ether oxygens (including phenoxy) is 1. The van der Waals surface area contributed by atoms with Crippen LogP contribution in [0.3, 0.4) is 0 Å². The summed E-state index contributed by atoms with van der Waals surface area (Å²) in [5.41, 5.74) is 0.0856.